The van der Waals surface area contributed by atoms with E-state index in [2.05, 4.69) is 10.7 Å². The molecule has 0 saturated carbocycles. The maximum atomic E-state index is 11.5. The van der Waals surface area contributed by atoms with Crippen LogP contribution in [-0.2, 0) is 11.2 Å². The largest absolute Gasteiger partial charge is 0.336 e. The summed E-state index contributed by atoms with van der Waals surface area (Å²) < 4.78 is 0. The number of nitrogens with zero attached hydrogens (tertiary/aromatic N) is 1. The van der Waals surface area contributed by atoms with Gasteiger partial charge < -0.3 is 11.1 Å². The van der Waals surface area contributed by atoms with Gasteiger partial charge in [-0.15, -0.1) is 0 Å². The number of likely N-dealkylation sites (N-methyl/N-ethyl adjacent to an activating group) is 1. The van der Waals surface area contributed by atoms with Crippen LogP contribution in [0.4, 0.5) is 4.79 Å². The number of hydrazine groups is 1. The molecular formula is C13H20N4O2. The van der Waals surface area contributed by atoms with Crippen LogP contribution in [0.15, 0.2) is 30.3 Å². The van der Waals surface area contributed by atoms with Crippen LogP contribution in [0, 0.1) is 0 Å². The molecule has 1 aromatic rings. The predicted molar refractivity (Wildman–Crippen MR) is 73.1 cm³/mol. The number of nitrogens with one attached hydrogen (secondary N) is 2. The normalized spacial score (nSPS) is 11.5. The number of urea groups is 1. The summed E-state index contributed by atoms with van der Waals surface area (Å²) in [5, 5.41) is 3.76. The zero-order valence-electron chi connectivity index (χ0n) is 11.2. The Morgan fingerprint density at radius 1 is 1.32 bits per heavy atom. The van der Waals surface area contributed by atoms with Gasteiger partial charge in [-0.25, -0.2) is 10.2 Å². The van der Waals surface area contributed by atoms with Crippen LogP contribution in [0.3, 0.4) is 0 Å². The number of carbonyl (C=O) groups excluding carboxylic acids is 2. The van der Waals surface area contributed by atoms with Crippen molar-refractivity contribution in [1.82, 2.24) is 15.8 Å². The van der Waals surface area contributed by atoms with Crippen LogP contribution in [-0.4, -0.2) is 36.6 Å². The van der Waals surface area contributed by atoms with Crippen molar-refractivity contribution in [2.75, 3.05) is 13.6 Å². The number of hydrogen-bond acceptors (Lipinski definition) is 3. The van der Waals surface area contributed by atoms with Crippen LogP contribution in [0.1, 0.15) is 12.5 Å². The van der Waals surface area contributed by atoms with E-state index < -0.39 is 12.1 Å². The maximum absolute atomic E-state index is 11.5. The number of carbonyl (C=O) groups is 2. The minimum absolute atomic E-state index is 0.349. The molecule has 0 bridgehead atoms. The molecule has 1 rings (SSSR count). The van der Waals surface area contributed by atoms with Gasteiger partial charge in [0.2, 0.25) is 0 Å². The molecule has 0 aliphatic carbocycles. The molecule has 0 aliphatic rings. The molecule has 1 aromatic carbocycles. The average Bonchev–Trinajstić information content (AvgIpc) is 2.38. The van der Waals surface area contributed by atoms with E-state index in [0.29, 0.717) is 6.54 Å². The second kappa shape index (κ2) is 7.38. The van der Waals surface area contributed by atoms with Gasteiger partial charge in [0.15, 0.2) is 0 Å². The summed E-state index contributed by atoms with van der Waals surface area (Å²) in [4.78, 5) is 22.9. The van der Waals surface area contributed by atoms with Gasteiger partial charge in [-0.2, -0.15) is 0 Å². The van der Waals surface area contributed by atoms with Crippen molar-refractivity contribution in [3.8, 4) is 0 Å². The topological polar surface area (TPSA) is 87.5 Å². The second-order valence-corrected chi connectivity index (χ2v) is 4.29. The van der Waals surface area contributed by atoms with Crippen molar-refractivity contribution < 1.29 is 9.59 Å². The van der Waals surface area contributed by atoms with Crippen molar-refractivity contribution >= 4 is 11.9 Å². The number of rotatable bonds is 4. The van der Waals surface area contributed by atoms with Crippen LogP contribution in [0.2, 0.25) is 0 Å². The summed E-state index contributed by atoms with van der Waals surface area (Å²) in [7, 11) is 1.46. The van der Waals surface area contributed by atoms with Gasteiger partial charge in [-0.05, 0) is 18.9 Å². The van der Waals surface area contributed by atoms with E-state index in [-0.39, 0.29) is 5.91 Å². The van der Waals surface area contributed by atoms with Crippen molar-refractivity contribution in [2.45, 2.75) is 19.4 Å². The number of nitrogens with two attached hydrogens (primary N) is 1. The standard InChI is InChI=1S/C13H20N4O2/c1-10(14)12(18)17(2)16-13(19)15-9-8-11-6-4-3-5-7-11/h3-7,10H,8-9,14H2,1-2H3,(H2,15,16,19)/t10-/m1/s1. The van der Waals surface area contributed by atoms with Gasteiger partial charge >= 0.3 is 6.03 Å². The molecule has 4 N–H and O–H groups in total. The Hall–Kier alpha value is -2.08. The van der Waals surface area contributed by atoms with Crippen LogP contribution < -0.4 is 16.5 Å². The van der Waals surface area contributed by atoms with Gasteiger partial charge in [-0.3, -0.25) is 9.80 Å². The van der Waals surface area contributed by atoms with E-state index >= 15 is 0 Å². The minimum atomic E-state index is -0.644. The SMILES string of the molecule is C[C@@H](N)C(=O)N(C)NC(=O)NCCc1ccccc1. The summed E-state index contributed by atoms with van der Waals surface area (Å²) >= 11 is 0. The molecule has 0 unspecified atom stereocenters. The van der Waals surface area contributed by atoms with Crippen molar-refractivity contribution in [3.63, 3.8) is 0 Å². The first-order valence-corrected chi connectivity index (χ1v) is 6.12. The maximum Gasteiger partial charge on any atom is 0.333 e. The lowest BCUT2D eigenvalue weighted by Gasteiger charge is -2.20. The fourth-order valence-corrected chi connectivity index (χ4v) is 1.52. The molecule has 0 spiro atoms. The highest BCUT2D eigenvalue weighted by molar-refractivity contribution is 5.84. The Bertz CT molecular complexity index is 420. The molecule has 3 amide bonds. The number of amides is 3. The van der Waals surface area contributed by atoms with Crippen LogP contribution in [0.5, 0.6) is 0 Å². The summed E-state index contributed by atoms with van der Waals surface area (Å²) in [6.45, 7) is 2.06. The average molecular weight is 264 g/mol. The molecule has 0 radical (unpaired) electrons. The monoisotopic (exact) mass is 264 g/mol. The molecule has 6 nitrogen and oxygen atoms in total. The highest BCUT2D eigenvalue weighted by Gasteiger charge is 2.14. The Morgan fingerprint density at radius 2 is 1.95 bits per heavy atom. The van der Waals surface area contributed by atoms with E-state index in [1.807, 2.05) is 30.3 Å². The van der Waals surface area contributed by atoms with Crippen LogP contribution in [0.25, 0.3) is 0 Å². The van der Waals surface area contributed by atoms with Gasteiger partial charge in [0.05, 0.1) is 6.04 Å². The summed E-state index contributed by atoms with van der Waals surface area (Å²) in [6, 6.07) is 8.76. The third-order valence-corrected chi connectivity index (χ3v) is 2.53. The molecule has 0 saturated heterocycles. The minimum Gasteiger partial charge on any atom is -0.336 e. The van der Waals surface area contributed by atoms with Crippen molar-refractivity contribution in [3.05, 3.63) is 35.9 Å². The fourth-order valence-electron chi connectivity index (χ4n) is 1.52. The molecule has 0 aromatic heterocycles. The Labute approximate surface area is 112 Å². The van der Waals surface area contributed by atoms with Gasteiger partial charge in [0.1, 0.15) is 0 Å². The van der Waals surface area contributed by atoms with Gasteiger partial charge in [0.25, 0.3) is 5.91 Å². The second-order valence-electron chi connectivity index (χ2n) is 4.29. The molecule has 0 aliphatic heterocycles. The van der Waals surface area contributed by atoms with E-state index in [1.54, 1.807) is 6.92 Å². The predicted octanol–water partition coefficient (Wildman–Crippen LogP) is 0.249. The smallest absolute Gasteiger partial charge is 0.333 e. The Kier molecular flexibility index (Phi) is 5.81. The summed E-state index contributed by atoms with van der Waals surface area (Å²) in [5.74, 6) is -0.349. The first kappa shape index (κ1) is 15.0. The van der Waals surface area contributed by atoms with E-state index in [9.17, 15) is 9.59 Å². The lowest BCUT2D eigenvalue weighted by atomic mass is 10.1. The van der Waals surface area contributed by atoms with E-state index in [1.165, 1.54) is 7.05 Å². The molecular weight excluding hydrogens is 244 g/mol. The molecule has 104 valence electrons. The molecule has 0 fully saturated rings. The van der Waals surface area contributed by atoms with Crippen molar-refractivity contribution in [2.24, 2.45) is 5.73 Å². The first-order chi connectivity index (χ1) is 9.00. The summed E-state index contributed by atoms with van der Waals surface area (Å²) in [5.41, 5.74) is 8.97. The fraction of sp³-hybridized carbons (Fsp3) is 0.385. The van der Waals surface area contributed by atoms with Gasteiger partial charge in [0, 0.05) is 13.6 Å². The zero-order chi connectivity index (χ0) is 14.3. The highest BCUT2D eigenvalue weighted by Crippen LogP contribution is 1.97. The lowest BCUT2D eigenvalue weighted by molar-refractivity contribution is -0.132. The third kappa shape index (κ3) is 5.39. The number of benzene rings is 1. The first-order valence-electron chi connectivity index (χ1n) is 6.12. The Balaban J connectivity index is 2.27. The van der Waals surface area contributed by atoms with Gasteiger partial charge in [-0.1, -0.05) is 30.3 Å². The number of hydrogen-bond donors (Lipinski definition) is 3. The highest BCUT2D eigenvalue weighted by atomic mass is 16.2. The molecule has 6 heteroatoms. The van der Waals surface area contributed by atoms with Crippen molar-refractivity contribution in [1.29, 1.82) is 0 Å². The van der Waals surface area contributed by atoms with E-state index in [4.69, 9.17) is 5.73 Å². The summed E-state index contributed by atoms with van der Waals surface area (Å²) in [6.07, 6.45) is 0.735. The quantitative estimate of drug-likeness (QED) is 0.681. The molecule has 0 heterocycles. The lowest BCUT2D eigenvalue weighted by Crippen LogP contribution is -2.52. The van der Waals surface area contributed by atoms with Crippen LogP contribution >= 0.6 is 0 Å². The molecule has 1 atom stereocenters. The molecule has 19 heavy (non-hydrogen) atoms. The zero-order valence-corrected chi connectivity index (χ0v) is 11.2. The Morgan fingerprint density at radius 3 is 2.53 bits per heavy atom. The third-order valence-electron chi connectivity index (χ3n) is 2.53. The van der Waals surface area contributed by atoms with E-state index in [0.717, 1.165) is 17.0 Å².